The molecule has 4 rings (SSSR count). The number of aliphatic hydroxyl groups is 1. The van der Waals surface area contributed by atoms with Crippen molar-refractivity contribution in [3.63, 3.8) is 0 Å². The SMILES string of the molecule is C[N+]1(C)C2COCC1CC(CC(O)(c1cccs1)c1cccs1)C2. The summed E-state index contributed by atoms with van der Waals surface area (Å²) in [6, 6.07) is 9.36. The fourth-order valence-electron chi connectivity index (χ4n) is 4.50. The summed E-state index contributed by atoms with van der Waals surface area (Å²) in [4.78, 5) is 2.15. The molecule has 0 aromatic carbocycles. The van der Waals surface area contributed by atoms with Gasteiger partial charge >= 0.3 is 0 Å². The highest BCUT2D eigenvalue weighted by Crippen LogP contribution is 2.45. The number of nitrogens with zero attached hydrogens (tertiary/aromatic N) is 1. The van der Waals surface area contributed by atoms with Crippen LogP contribution in [0.5, 0.6) is 0 Å². The monoisotopic (exact) mass is 364 g/mol. The Labute approximate surface area is 152 Å². The summed E-state index contributed by atoms with van der Waals surface area (Å²) in [5.74, 6) is 0.546. The van der Waals surface area contributed by atoms with Crippen molar-refractivity contribution >= 4 is 22.7 Å². The minimum atomic E-state index is -0.837. The van der Waals surface area contributed by atoms with Gasteiger partial charge in [0.2, 0.25) is 0 Å². The van der Waals surface area contributed by atoms with Crippen molar-refractivity contribution in [3.05, 3.63) is 44.8 Å². The van der Waals surface area contributed by atoms with Crippen LogP contribution in [0.2, 0.25) is 0 Å². The third-order valence-corrected chi connectivity index (χ3v) is 8.20. The van der Waals surface area contributed by atoms with Gasteiger partial charge in [0.25, 0.3) is 0 Å². The van der Waals surface area contributed by atoms with Crippen molar-refractivity contribution < 1.29 is 14.3 Å². The fraction of sp³-hybridized carbons (Fsp3) is 0.579. The molecule has 0 spiro atoms. The highest BCUT2D eigenvalue weighted by Gasteiger charge is 2.49. The lowest BCUT2D eigenvalue weighted by molar-refractivity contribution is -0.953. The van der Waals surface area contributed by atoms with Gasteiger partial charge < -0.3 is 14.3 Å². The number of likely N-dealkylation sites (N-methyl/N-ethyl adjacent to an activating group) is 1. The van der Waals surface area contributed by atoms with E-state index in [1.165, 1.54) is 0 Å². The molecular weight excluding hydrogens is 338 g/mol. The molecule has 2 aromatic rings. The lowest BCUT2D eigenvalue weighted by Crippen LogP contribution is -2.66. The zero-order valence-corrected chi connectivity index (χ0v) is 16.0. The fourth-order valence-corrected chi connectivity index (χ4v) is 6.27. The second-order valence-corrected chi connectivity index (χ2v) is 9.73. The largest absolute Gasteiger partial charge is 0.379 e. The smallest absolute Gasteiger partial charge is 0.133 e. The van der Waals surface area contributed by atoms with Crippen LogP contribution < -0.4 is 0 Å². The molecule has 2 aliphatic heterocycles. The first-order valence-corrected chi connectivity index (χ1v) is 10.5. The number of hydrogen-bond donors (Lipinski definition) is 1. The van der Waals surface area contributed by atoms with Crippen molar-refractivity contribution in [1.29, 1.82) is 0 Å². The summed E-state index contributed by atoms with van der Waals surface area (Å²) < 4.78 is 6.90. The number of morpholine rings is 1. The van der Waals surface area contributed by atoms with Crippen LogP contribution in [0.1, 0.15) is 29.0 Å². The van der Waals surface area contributed by atoms with Gasteiger partial charge in [0.05, 0.1) is 27.3 Å². The molecule has 0 amide bonds. The Morgan fingerprint density at radius 3 is 2.08 bits per heavy atom. The van der Waals surface area contributed by atoms with E-state index in [-0.39, 0.29) is 0 Å². The minimum Gasteiger partial charge on any atom is -0.379 e. The predicted molar refractivity (Wildman–Crippen MR) is 99.5 cm³/mol. The van der Waals surface area contributed by atoms with E-state index >= 15 is 0 Å². The molecule has 2 bridgehead atoms. The standard InChI is InChI=1S/C19H26NO2S2/c1-20(2)15-9-14(10-16(20)13-22-12-15)11-19(21,17-5-3-7-23-17)18-6-4-8-24-18/h3-8,14-16,21H,9-13H2,1-2H3/q+1. The minimum absolute atomic E-state index is 0.546. The molecule has 130 valence electrons. The van der Waals surface area contributed by atoms with Gasteiger partial charge in [-0.3, -0.25) is 0 Å². The molecule has 2 aliphatic rings. The lowest BCUT2D eigenvalue weighted by atomic mass is 9.76. The van der Waals surface area contributed by atoms with Gasteiger partial charge in [-0.25, -0.2) is 0 Å². The Morgan fingerprint density at radius 2 is 1.62 bits per heavy atom. The van der Waals surface area contributed by atoms with E-state index in [1.54, 1.807) is 22.7 Å². The van der Waals surface area contributed by atoms with Crippen LogP contribution in [0.3, 0.4) is 0 Å². The van der Waals surface area contributed by atoms with Gasteiger partial charge in [-0.05, 0) is 35.2 Å². The van der Waals surface area contributed by atoms with Crippen LogP contribution in [0.25, 0.3) is 0 Å². The first-order chi connectivity index (χ1) is 11.5. The van der Waals surface area contributed by atoms with Crippen molar-refractivity contribution in [2.24, 2.45) is 5.92 Å². The van der Waals surface area contributed by atoms with Gasteiger partial charge in [0.15, 0.2) is 0 Å². The summed E-state index contributed by atoms with van der Waals surface area (Å²) >= 11 is 3.33. The van der Waals surface area contributed by atoms with E-state index in [4.69, 9.17) is 4.74 Å². The highest BCUT2D eigenvalue weighted by molar-refractivity contribution is 7.11. The van der Waals surface area contributed by atoms with Crippen LogP contribution in [-0.2, 0) is 10.3 Å². The molecule has 0 radical (unpaired) electrons. The average Bonchev–Trinajstić information content (AvgIpc) is 3.22. The van der Waals surface area contributed by atoms with E-state index in [2.05, 4.69) is 37.0 Å². The highest BCUT2D eigenvalue weighted by atomic mass is 32.1. The Bertz CT molecular complexity index is 615. The third-order valence-electron chi connectivity index (χ3n) is 6.16. The lowest BCUT2D eigenvalue weighted by Gasteiger charge is -2.53. The molecule has 5 heteroatoms. The number of ether oxygens (including phenoxy) is 1. The van der Waals surface area contributed by atoms with Crippen LogP contribution in [0.15, 0.2) is 35.0 Å². The second kappa shape index (κ2) is 6.22. The number of fused-ring (bicyclic) bond motifs is 2. The number of piperidine rings is 1. The molecule has 0 aliphatic carbocycles. The molecule has 4 heterocycles. The van der Waals surface area contributed by atoms with E-state index < -0.39 is 5.60 Å². The molecule has 2 fully saturated rings. The number of thiophene rings is 2. The molecular formula is C19H26NO2S2+. The topological polar surface area (TPSA) is 29.5 Å². The molecule has 2 aromatic heterocycles. The van der Waals surface area contributed by atoms with E-state index in [0.717, 1.165) is 46.7 Å². The molecule has 3 nitrogen and oxygen atoms in total. The number of hydrogen-bond acceptors (Lipinski definition) is 4. The van der Waals surface area contributed by atoms with Gasteiger partial charge in [-0.15, -0.1) is 22.7 Å². The Morgan fingerprint density at radius 1 is 1.08 bits per heavy atom. The molecule has 2 unspecified atom stereocenters. The normalized spacial score (nSPS) is 29.5. The molecule has 0 saturated carbocycles. The zero-order chi connectivity index (χ0) is 16.8. The molecule has 2 saturated heterocycles. The third kappa shape index (κ3) is 2.76. The predicted octanol–water partition coefficient (Wildman–Crippen LogP) is 3.69. The Balaban J connectivity index is 1.61. The average molecular weight is 365 g/mol. The van der Waals surface area contributed by atoms with Gasteiger partial charge in [0.1, 0.15) is 17.7 Å². The number of rotatable bonds is 4. The van der Waals surface area contributed by atoms with Gasteiger partial charge in [-0.1, -0.05) is 12.1 Å². The molecule has 24 heavy (non-hydrogen) atoms. The van der Waals surface area contributed by atoms with Crippen molar-refractivity contribution in [3.8, 4) is 0 Å². The van der Waals surface area contributed by atoms with Crippen LogP contribution >= 0.6 is 22.7 Å². The summed E-state index contributed by atoms with van der Waals surface area (Å²) in [5.41, 5.74) is -0.837. The quantitative estimate of drug-likeness (QED) is 0.839. The summed E-state index contributed by atoms with van der Waals surface area (Å²) in [6.45, 7) is 1.72. The summed E-state index contributed by atoms with van der Waals surface area (Å²) in [7, 11) is 4.69. The maximum absolute atomic E-state index is 11.7. The zero-order valence-electron chi connectivity index (χ0n) is 14.4. The van der Waals surface area contributed by atoms with E-state index in [9.17, 15) is 5.11 Å². The maximum atomic E-state index is 11.7. The van der Waals surface area contributed by atoms with Crippen LogP contribution in [0, 0.1) is 5.92 Å². The summed E-state index contributed by atoms with van der Waals surface area (Å²) in [5, 5.41) is 15.8. The molecule has 1 N–H and O–H groups in total. The Hall–Kier alpha value is -0.720. The van der Waals surface area contributed by atoms with E-state index in [1.807, 2.05) is 12.1 Å². The first kappa shape index (κ1) is 16.7. The summed E-state index contributed by atoms with van der Waals surface area (Å²) in [6.07, 6.45) is 3.10. The van der Waals surface area contributed by atoms with Crippen LogP contribution in [0.4, 0.5) is 0 Å². The van der Waals surface area contributed by atoms with Gasteiger partial charge in [-0.2, -0.15) is 0 Å². The van der Waals surface area contributed by atoms with Gasteiger partial charge in [0, 0.05) is 22.6 Å². The van der Waals surface area contributed by atoms with E-state index in [0.29, 0.717) is 18.0 Å². The van der Waals surface area contributed by atoms with Crippen LogP contribution in [-0.4, -0.2) is 49.0 Å². The Kier molecular flexibility index (Phi) is 4.34. The first-order valence-electron chi connectivity index (χ1n) is 8.71. The second-order valence-electron chi connectivity index (χ2n) is 7.83. The maximum Gasteiger partial charge on any atom is 0.133 e. The van der Waals surface area contributed by atoms with Crippen molar-refractivity contribution in [1.82, 2.24) is 0 Å². The van der Waals surface area contributed by atoms with Crippen molar-refractivity contribution in [2.45, 2.75) is 36.9 Å². The van der Waals surface area contributed by atoms with Crippen molar-refractivity contribution in [2.75, 3.05) is 27.3 Å². The number of quaternary nitrogens is 1. The molecule has 2 atom stereocenters.